The van der Waals surface area contributed by atoms with E-state index in [1.54, 1.807) is 0 Å². The minimum atomic E-state index is 0.00109. The molecule has 0 amide bonds. The molecule has 1 aliphatic carbocycles. The van der Waals surface area contributed by atoms with Crippen LogP contribution >= 0.6 is 15.9 Å². The largest absolute Gasteiger partial charge is 0.327 e. The van der Waals surface area contributed by atoms with Crippen LogP contribution in [0.5, 0.6) is 0 Å². The third-order valence-corrected chi connectivity index (χ3v) is 2.80. The van der Waals surface area contributed by atoms with E-state index in [1.807, 2.05) is 18.2 Å². The first-order chi connectivity index (χ1) is 6.16. The first-order valence-electron chi connectivity index (χ1n) is 4.24. The van der Waals surface area contributed by atoms with E-state index < -0.39 is 0 Å². The first-order valence-corrected chi connectivity index (χ1v) is 5.03. The molecule has 3 heteroatoms. The molecule has 2 rings (SSSR count). The molecule has 0 saturated carbocycles. The van der Waals surface area contributed by atoms with Crippen LogP contribution in [0.2, 0.25) is 0 Å². The number of halogens is 1. The monoisotopic (exact) mass is 239 g/mol. The van der Waals surface area contributed by atoms with E-state index in [0.717, 1.165) is 22.0 Å². The summed E-state index contributed by atoms with van der Waals surface area (Å²) in [7, 11) is 0. The van der Waals surface area contributed by atoms with Crippen LogP contribution in [0.4, 0.5) is 0 Å². The summed E-state index contributed by atoms with van der Waals surface area (Å²) in [5, 5.41) is 0. The van der Waals surface area contributed by atoms with Crippen LogP contribution < -0.4 is 5.73 Å². The predicted molar refractivity (Wildman–Crippen MR) is 54.8 cm³/mol. The molecule has 0 aromatic heterocycles. The summed E-state index contributed by atoms with van der Waals surface area (Å²) < 4.78 is 0.954. The molecule has 0 spiro atoms. The molecule has 1 unspecified atom stereocenters. The van der Waals surface area contributed by atoms with Crippen molar-refractivity contribution in [2.24, 2.45) is 5.73 Å². The van der Waals surface area contributed by atoms with Gasteiger partial charge < -0.3 is 5.73 Å². The van der Waals surface area contributed by atoms with Gasteiger partial charge in [-0.25, -0.2) is 0 Å². The lowest BCUT2D eigenvalue weighted by Gasteiger charge is -2.20. The Morgan fingerprint density at radius 3 is 2.92 bits per heavy atom. The number of hydrogen-bond acceptors (Lipinski definition) is 2. The van der Waals surface area contributed by atoms with Crippen molar-refractivity contribution in [1.82, 2.24) is 0 Å². The Hall–Kier alpha value is -0.670. The standard InChI is InChI=1S/C10H10BrNO/c11-7-2-1-6-3-8(12)5-10(13)9(6)4-7/h1-2,4,8H,3,5,12H2. The summed E-state index contributed by atoms with van der Waals surface area (Å²) in [6.45, 7) is 0. The van der Waals surface area contributed by atoms with Crippen LogP contribution in [0.15, 0.2) is 22.7 Å². The van der Waals surface area contributed by atoms with Gasteiger partial charge in [-0.2, -0.15) is 0 Å². The quantitative estimate of drug-likeness (QED) is 0.752. The second-order valence-corrected chi connectivity index (χ2v) is 4.31. The molecule has 0 radical (unpaired) electrons. The number of ketones is 1. The van der Waals surface area contributed by atoms with Crippen molar-refractivity contribution in [3.05, 3.63) is 33.8 Å². The maximum Gasteiger partial charge on any atom is 0.164 e. The molecule has 1 atom stereocenters. The Morgan fingerprint density at radius 1 is 1.38 bits per heavy atom. The van der Waals surface area contributed by atoms with Crippen molar-refractivity contribution >= 4 is 21.7 Å². The summed E-state index contributed by atoms with van der Waals surface area (Å²) in [4.78, 5) is 11.5. The Balaban J connectivity index is 2.49. The highest BCUT2D eigenvalue weighted by Crippen LogP contribution is 2.23. The lowest BCUT2D eigenvalue weighted by atomic mass is 9.88. The topological polar surface area (TPSA) is 43.1 Å². The average Bonchev–Trinajstić information content (AvgIpc) is 2.06. The molecule has 13 heavy (non-hydrogen) atoms. The van der Waals surface area contributed by atoms with Crippen molar-refractivity contribution < 1.29 is 4.79 Å². The zero-order chi connectivity index (χ0) is 9.42. The summed E-state index contributed by atoms with van der Waals surface area (Å²) in [6, 6.07) is 5.80. The van der Waals surface area contributed by atoms with Crippen molar-refractivity contribution in [2.75, 3.05) is 0 Å². The SMILES string of the molecule is NC1CC(=O)c2cc(Br)ccc2C1. The van der Waals surface area contributed by atoms with Gasteiger partial charge in [-0.3, -0.25) is 4.79 Å². The van der Waals surface area contributed by atoms with Gasteiger partial charge >= 0.3 is 0 Å². The molecular weight excluding hydrogens is 230 g/mol. The van der Waals surface area contributed by atoms with Crippen LogP contribution in [0.3, 0.4) is 0 Å². The molecule has 68 valence electrons. The minimum absolute atomic E-state index is 0.00109. The minimum Gasteiger partial charge on any atom is -0.327 e. The van der Waals surface area contributed by atoms with Gasteiger partial charge in [-0.1, -0.05) is 22.0 Å². The van der Waals surface area contributed by atoms with Crippen LogP contribution in [0.25, 0.3) is 0 Å². The Bertz CT molecular complexity index is 362. The number of Topliss-reactive ketones (excluding diaryl/α,β-unsaturated/α-hetero) is 1. The fourth-order valence-electron chi connectivity index (χ4n) is 1.69. The second-order valence-electron chi connectivity index (χ2n) is 3.39. The van der Waals surface area contributed by atoms with E-state index >= 15 is 0 Å². The molecule has 1 aromatic rings. The van der Waals surface area contributed by atoms with Crippen LogP contribution in [0, 0.1) is 0 Å². The summed E-state index contributed by atoms with van der Waals surface area (Å²) >= 11 is 3.35. The smallest absolute Gasteiger partial charge is 0.164 e. The Kier molecular flexibility index (Phi) is 2.22. The molecule has 0 bridgehead atoms. The molecule has 0 saturated heterocycles. The van der Waals surface area contributed by atoms with Gasteiger partial charge in [0.05, 0.1) is 0 Å². The molecule has 0 fully saturated rings. The molecule has 2 nitrogen and oxygen atoms in total. The average molecular weight is 240 g/mol. The van der Waals surface area contributed by atoms with Gasteiger partial charge in [0.25, 0.3) is 0 Å². The number of carbonyl (C=O) groups excluding carboxylic acids is 1. The van der Waals surface area contributed by atoms with E-state index in [1.165, 1.54) is 0 Å². The zero-order valence-corrected chi connectivity index (χ0v) is 8.67. The highest BCUT2D eigenvalue weighted by Gasteiger charge is 2.22. The number of rotatable bonds is 0. The molecule has 0 heterocycles. The predicted octanol–water partition coefficient (Wildman–Crippen LogP) is 1.91. The number of hydrogen-bond donors (Lipinski definition) is 1. The Labute approximate surface area is 85.3 Å². The molecule has 1 aromatic carbocycles. The highest BCUT2D eigenvalue weighted by molar-refractivity contribution is 9.10. The van der Waals surface area contributed by atoms with Gasteiger partial charge in [-0.15, -0.1) is 0 Å². The van der Waals surface area contributed by atoms with E-state index in [2.05, 4.69) is 15.9 Å². The van der Waals surface area contributed by atoms with Crippen LogP contribution in [-0.2, 0) is 6.42 Å². The molecular formula is C10H10BrNO. The zero-order valence-electron chi connectivity index (χ0n) is 7.09. The lowest BCUT2D eigenvalue weighted by molar-refractivity contribution is 0.0965. The fraction of sp³-hybridized carbons (Fsp3) is 0.300. The van der Waals surface area contributed by atoms with Gasteiger partial charge in [-0.05, 0) is 24.1 Å². The second kappa shape index (κ2) is 3.24. The van der Waals surface area contributed by atoms with Crippen molar-refractivity contribution in [3.8, 4) is 0 Å². The van der Waals surface area contributed by atoms with Gasteiger partial charge in [0.2, 0.25) is 0 Å². The third kappa shape index (κ3) is 1.67. The number of carbonyl (C=O) groups is 1. The number of nitrogens with two attached hydrogens (primary N) is 1. The van der Waals surface area contributed by atoms with E-state index in [-0.39, 0.29) is 11.8 Å². The maximum atomic E-state index is 11.5. The third-order valence-electron chi connectivity index (χ3n) is 2.30. The van der Waals surface area contributed by atoms with E-state index in [4.69, 9.17) is 5.73 Å². The van der Waals surface area contributed by atoms with Crippen LogP contribution in [-0.4, -0.2) is 11.8 Å². The van der Waals surface area contributed by atoms with Crippen molar-refractivity contribution in [3.63, 3.8) is 0 Å². The van der Waals surface area contributed by atoms with Crippen molar-refractivity contribution in [1.29, 1.82) is 0 Å². The summed E-state index contributed by atoms with van der Waals surface area (Å²) in [6.07, 6.45) is 1.29. The van der Waals surface area contributed by atoms with Crippen LogP contribution in [0.1, 0.15) is 22.3 Å². The summed E-state index contributed by atoms with van der Waals surface area (Å²) in [5.74, 6) is 0.162. The first kappa shape index (κ1) is 8.91. The van der Waals surface area contributed by atoms with Gasteiger partial charge in [0, 0.05) is 22.5 Å². The molecule has 0 aliphatic heterocycles. The number of fused-ring (bicyclic) bond motifs is 1. The molecule has 1 aliphatic rings. The van der Waals surface area contributed by atoms with Crippen molar-refractivity contribution in [2.45, 2.75) is 18.9 Å². The highest BCUT2D eigenvalue weighted by atomic mass is 79.9. The maximum absolute atomic E-state index is 11.5. The van der Waals surface area contributed by atoms with E-state index in [9.17, 15) is 4.79 Å². The number of benzene rings is 1. The van der Waals surface area contributed by atoms with E-state index in [0.29, 0.717) is 6.42 Å². The van der Waals surface area contributed by atoms with Gasteiger partial charge in [0.15, 0.2) is 5.78 Å². The Morgan fingerprint density at radius 2 is 2.15 bits per heavy atom. The molecule has 2 N–H and O–H groups in total. The van der Waals surface area contributed by atoms with Gasteiger partial charge in [0.1, 0.15) is 0 Å². The summed E-state index contributed by atoms with van der Waals surface area (Å²) in [5.41, 5.74) is 7.65. The lowest BCUT2D eigenvalue weighted by Crippen LogP contribution is -2.31. The normalized spacial score (nSPS) is 21.4. The fourth-order valence-corrected chi connectivity index (χ4v) is 2.05.